The van der Waals surface area contributed by atoms with Gasteiger partial charge in [0, 0.05) is 11.0 Å². The van der Waals surface area contributed by atoms with Gasteiger partial charge in [0.25, 0.3) is 5.56 Å². The van der Waals surface area contributed by atoms with Crippen molar-refractivity contribution in [3.8, 4) is 17.1 Å². The van der Waals surface area contributed by atoms with Gasteiger partial charge in [0.1, 0.15) is 11.6 Å². The molecule has 4 rings (SSSR count). The molecule has 0 saturated heterocycles. The largest absolute Gasteiger partial charge is 0.496 e. The van der Waals surface area contributed by atoms with Crippen molar-refractivity contribution in [1.82, 2.24) is 9.97 Å². The number of methoxy groups -OCH3 is 1. The lowest BCUT2D eigenvalue weighted by molar-refractivity contribution is 0.416. The number of nitrogens with zero attached hydrogens (tertiary/aromatic N) is 1. The van der Waals surface area contributed by atoms with Crippen LogP contribution in [0, 0.1) is 0 Å². The number of aromatic amines is 1. The molecule has 0 radical (unpaired) electrons. The summed E-state index contributed by atoms with van der Waals surface area (Å²) in [6.45, 7) is 0.618. The average Bonchev–Trinajstić information content (AvgIpc) is 2.75. The predicted octanol–water partition coefficient (Wildman–Crippen LogP) is 4.51. The van der Waals surface area contributed by atoms with Crippen molar-refractivity contribution >= 4 is 26.8 Å². The molecule has 0 aliphatic carbocycles. The minimum Gasteiger partial charge on any atom is -0.496 e. The molecule has 0 aliphatic heterocycles. The lowest BCUT2D eigenvalue weighted by atomic mass is 10.1. The van der Waals surface area contributed by atoms with Crippen LogP contribution >= 0.6 is 15.9 Å². The molecule has 0 atom stereocenters. The first-order chi connectivity index (χ1) is 13.6. The molecule has 4 aromatic rings. The standard InChI is InChI=1S/C15H12N2O2.C7H8BrN/c1-19-13-9-5-3-7-11(13)14-16-12-8-4-2-6-10(12)15(18)17-14;8-7-3-1-6(5-9)2-4-7/h2-9H,1H3,(H,16,17,18);1-4H,5,9H2. The number of benzene rings is 3. The van der Waals surface area contributed by atoms with Crippen LogP contribution in [0.25, 0.3) is 22.3 Å². The van der Waals surface area contributed by atoms with Gasteiger partial charge in [0.05, 0.1) is 23.6 Å². The fourth-order valence-corrected chi connectivity index (χ4v) is 2.94. The summed E-state index contributed by atoms with van der Waals surface area (Å²) < 4.78 is 6.39. The highest BCUT2D eigenvalue weighted by Crippen LogP contribution is 2.26. The number of halogens is 1. The molecule has 28 heavy (non-hydrogen) atoms. The zero-order valence-electron chi connectivity index (χ0n) is 15.4. The van der Waals surface area contributed by atoms with Gasteiger partial charge in [0.2, 0.25) is 0 Å². The average molecular weight is 438 g/mol. The van der Waals surface area contributed by atoms with E-state index in [0.717, 1.165) is 10.0 Å². The van der Waals surface area contributed by atoms with Gasteiger partial charge in [-0.3, -0.25) is 4.79 Å². The zero-order valence-corrected chi connectivity index (χ0v) is 16.9. The van der Waals surface area contributed by atoms with E-state index in [2.05, 4.69) is 25.9 Å². The highest BCUT2D eigenvalue weighted by molar-refractivity contribution is 9.10. The molecular weight excluding hydrogens is 418 g/mol. The summed E-state index contributed by atoms with van der Waals surface area (Å²) >= 11 is 3.33. The number of H-pyrrole nitrogens is 1. The molecule has 0 saturated carbocycles. The van der Waals surface area contributed by atoms with E-state index in [4.69, 9.17) is 10.5 Å². The molecular formula is C22H20BrN3O2. The number of nitrogens with two attached hydrogens (primary N) is 1. The van der Waals surface area contributed by atoms with Crippen molar-refractivity contribution in [2.45, 2.75) is 6.54 Å². The fourth-order valence-electron chi connectivity index (χ4n) is 2.67. The van der Waals surface area contributed by atoms with Gasteiger partial charge in [-0.15, -0.1) is 0 Å². The zero-order chi connectivity index (χ0) is 19.9. The summed E-state index contributed by atoms with van der Waals surface area (Å²) in [7, 11) is 1.60. The van der Waals surface area contributed by atoms with Gasteiger partial charge in [-0.2, -0.15) is 0 Å². The molecule has 3 N–H and O–H groups in total. The molecule has 142 valence electrons. The quantitative estimate of drug-likeness (QED) is 0.494. The number of ether oxygens (including phenoxy) is 1. The highest BCUT2D eigenvalue weighted by atomic mass is 79.9. The summed E-state index contributed by atoms with van der Waals surface area (Å²) in [4.78, 5) is 19.3. The molecule has 5 nitrogen and oxygen atoms in total. The molecule has 1 heterocycles. The van der Waals surface area contributed by atoms with E-state index in [-0.39, 0.29) is 5.56 Å². The number of aromatic nitrogens is 2. The first kappa shape index (κ1) is 19.8. The number of hydrogen-bond donors (Lipinski definition) is 2. The van der Waals surface area contributed by atoms with Crippen LogP contribution in [-0.2, 0) is 6.54 Å². The summed E-state index contributed by atoms with van der Waals surface area (Å²) in [6, 6.07) is 22.7. The van der Waals surface area contributed by atoms with Crippen molar-refractivity contribution in [3.63, 3.8) is 0 Å². The SMILES string of the molecule is COc1ccccc1-c1nc2ccccc2c(=O)[nH]1.NCc1ccc(Br)cc1. The van der Waals surface area contributed by atoms with E-state index >= 15 is 0 Å². The van der Waals surface area contributed by atoms with E-state index in [1.54, 1.807) is 13.2 Å². The Morgan fingerprint density at radius 2 is 1.68 bits per heavy atom. The number of para-hydroxylation sites is 2. The lowest BCUT2D eigenvalue weighted by Crippen LogP contribution is -2.09. The van der Waals surface area contributed by atoms with E-state index in [0.29, 0.717) is 29.0 Å². The molecule has 0 bridgehead atoms. The van der Waals surface area contributed by atoms with Gasteiger partial charge in [-0.1, -0.05) is 52.3 Å². The van der Waals surface area contributed by atoms with Crippen LogP contribution in [0.5, 0.6) is 5.75 Å². The Bertz CT molecular complexity index is 1120. The lowest BCUT2D eigenvalue weighted by Gasteiger charge is -2.07. The maximum absolute atomic E-state index is 12.0. The van der Waals surface area contributed by atoms with Gasteiger partial charge in [-0.05, 0) is 42.0 Å². The third-order valence-electron chi connectivity index (χ3n) is 4.12. The molecule has 0 spiro atoms. The molecule has 0 unspecified atom stereocenters. The summed E-state index contributed by atoms with van der Waals surface area (Å²) in [6.07, 6.45) is 0. The van der Waals surface area contributed by atoms with Crippen molar-refractivity contribution in [3.05, 3.63) is 93.2 Å². The molecule has 0 aliphatic rings. The predicted molar refractivity (Wildman–Crippen MR) is 116 cm³/mol. The topological polar surface area (TPSA) is 81.0 Å². The van der Waals surface area contributed by atoms with Gasteiger partial charge < -0.3 is 15.5 Å². The second-order valence-corrected chi connectivity index (χ2v) is 6.88. The van der Waals surface area contributed by atoms with Crippen LogP contribution in [0.15, 0.2) is 82.1 Å². The second-order valence-electron chi connectivity index (χ2n) is 5.96. The monoisotopic (exact) mass is 437 g/mol. The Balaban J connectivity index is 0.000000211. The fraction of sp³-hybridized carbons (Fsp3) is 0.0909. The Kier molecular flexibility index (Phi) is 6.57. The third-order valence-corrected chi connectivity index (χ3v) is 4.65. The van der Waals surface area contributed by atoms with Crippen LogP contribution in [0.3, 0.4) is 0 Å². The number of fused-ring (bicyclic) bond motifs is 1. The van der Waals surface area contributed by atoms with Crippen LogP contribution in [0.1, 0.15) is 5.56 Å². The summed E-state index contributed by atoms with van der Waals surface area (Å²) in [5, 5.41) is 0.584. The first-order valence-corrected chi connectivity index (χ1v) is 9.48. The molecule has 0 fully saturated rings. The molecule has 3 aromatic carbocycles. The van der Waals surface area contributed by atoms with Gasteiger partial charge in [0.15, 0.2) is 0 Å². The van der Waals surface area contributed by atoms with Crippen LogP contribution in [0.2, 0.25) is 0 Å². The van der Waals surface area contributed by atoms with Crippen molar-refractivity contribution in [1.29, 1.82) is 0 Å². The maximum atomic E-state index is 12.0. The van der Waals surface area contributed by atoms with Crippen molar-refractivity contribution in [2.75, 3.05) is 7.11 Å². The molecule has 1 aromatic heterocycles. The van der Waals surface area contributed by atoms with E-state index in [1.807, 2.05) is 66.7 Å². The minimum atomic E-state index is -0.147. The van der Waals surface area contributed by atoms with E-state index in [9.17, 15) is 4.79 Å². The van der Waals surface area contributed by atoms with Crippen LogP contribution in [0.4, 0.5) is 0 Å². The smallest absolute Gasteiger partial charge is 0.259 e. The Hall–Kier alpha value is -2.96. The maximum Gasteiger partial charge on any atom is 0.259 e. The van der Waals surface area contributed by atoms with Gasteiger partial charge >= 0.3 is 0 Å². The van der Waals surface area contributed by atoms with Gasteiger partial charge in [-0.25, -0.2) is 4.98 Å². The summed E-state index contributed by atoms with van der Waals surface area (Å²) in [5.74, 6) is 1.20. The minimum absolute atomic E-state index is 0.147. The van der Waals surface area contributed by atoms with E-state index in [1.165, 1.54) is 5.56 Å². The van der Waals surface area contributed by atoms with Crippen LogP contribution in [-0.4, -0.2) is 17.1 Å². The normalized spacial score (nSPS) is 10.2. The third kappa shape index (κ3) is 4.65. The number of rotatable bonds is 3. The second kappa shape index (κ2) is 9.30. The number of nitrogens with one attached hydrogen (secondary N) is 1. The van der Waals surface area contributed by atoms with E-state index < -0.39 is 0 Å². The Morgan fingerprint density at radius 3 is 2.39 bits per heavy atom. The highest BCUT2D eigenvalue weighted by Gasteiger charge is 2.09. The van der Waals surface area contributed by atoms with Crippen molar-refractivity contribution < 1.29 is 4.74 Å². The Labute approximate surface area is 171 Å². The summed E-state index contributed by atoms with van der Waals surface area (Å²) in [5.41, 5.74) is 7.85. The molecule has 6 heteroatoms. The first-order valence-electron chi connectivity index (χ1n) is 8.69. The van der Waals surface area contributed by atoms with Crippen LogP contribution < -0.4 is 16.0 Å². The Morgan fingerprint density at radius 1 is 1.00 bits per heavy atom. The number of hydrogen-bond acceptors (Lipinski definition) is 4. The molecule has 0 amide bonds. The van der Waals surface area contributed by atoms with Crippen molar-refractivity contribution in [2.24, 2.45) is 5.73 Å².